The van der Waals surface area contributed by atoms with Crippen LogP contribution in [0.25, 0.3) is 0 Å². The Balaban J connectivity index is 1.65. The first-order valence-electron chi connectivity index (χ1n) is 7.85. The van der Waals surface area contributed by atoms with Crippen molar-refractivity contribution in [3.8, 4) is 0 Å². The number of piperidine rings is 1. The van der Waals surface area contributed by atoms with Crippen molar-refractivity contribution in [3.05, 3.63) is 34.9 Å². The SMILES string of the molecule is O=C(c1ccc(Cl)cc1)C1CCCN(C(=O)C2CCCO2)C1. The van der Waals surface area contributed by atoms with Crippen molar-refractivity contribution < 1.29 is 14.3 Å². The molecule has 4 nitrogen and oxygen atoms in total. The van der Waals surface area contributed by atoms with Crippen LogP contribution in [0.1, 0.15) is 36.0 Å². The number of ether oxygens (including phenoxy) is 1. The number of Topliss-reactive ketones (excluding diaryl/α,β-unsaturated/α-hetero) is 1. The lowest BCUT2D eigenvalue weighted by molar-refractivity contribution is -0.142. The van der Waals surface area contributed by atoms with Gasteiger partial charge in [-0.15, -0.1) is 0 Å². The van der Waals surface area contributed by atoms with Crippen molar-refractivity contribution >= 4 is 23.3 Å². The number of hydrogen-bond acceptors (Lipinski definition) is 3. The van der Waals surface area contributed by atoms with E-state index in [2.05, 4.69) is 0 Å². The van der Waals surface area contributed by atoms with Gasteiger partial charge < -0.3 is 9.64 Å². The van der Waals surface area contributed by atoms with Gasteiger partial charge in [-0.25, -0.2) is 0 Å². The summed E-state index contributed by atoms with van der Waals surface area (Å²) in [5.41, 5.74) is 0.667. The number of nitrogens with zero attached hydrogens (tertiary/aromatic N) is 1. The van der Waals surface area contributed by atoms with Crippen molar-refractivity contribution in [2.45, 2.75) is 31.8 Å². The minimum atomic E-state index is -0.301. The topological polar surface area (TPSA) is 46.6 Å². The molecule has 0 saturated carbocycles. The van der Waals surface area contributed by atoms with Gasteiger partial charge in [0.15, 0.2) is 5.78 Å². The Morgan fingerprint density at radius 3 is 2.59 bits per heavy atom. The van der Waals surface area contributed by atoms with E-state index in [0.717, 1.165) is 32.2 Å². The highest BCUT2D eigenvalue weighted by Crippen LogP contribution is 2.24. The number of carbonyl (C=O) groups is 2. The average molecular weight is 322 g/mol. The number of amides is 1. The van der Waals surface area contributed by atoms with E-state index >= 15 is 0 Å². The molecule has 2 fully saturated rings. The fourth-order valence-electron chi connectivity index (χ4n) is 3.22. The summed E-state index contributed by atoms with van der Waals surface area (Å²) < 4.78 is 5.47. The van der Waals surface area contributed by atoms with Crippen LogP contribution in [-0.2, 0) is 9.53 Å². The largest absolute Gasteiger partial charge is 0.368 e. The number of ketones is 1. The molecule has 22 heavy (non-hydrogen) atoms. The van der Waals surface area contributed by atoms with Crippen LogP contribution in [0.3, 0.4) is 0 Å². The van der Waals surface area contributed by atoms with Gasteiger partial charge in [0.05, 0.1) is 0 Å². The predicted octanol–water partition coefficient (Wildman–Crippen LogP) is 2.94. The fourth-order valence-corrected chi connectivity index (χ4v) is 3.34. The van der Waals surface area contributed by atoms with Crippen LogP contribution in [0, 0.1) is 5.92 Å². The quantitative estimate of drug-likeness (QED) is 0.804. The molecule has 0 N–H and O–H groups in total. The zero-order valence-corrected chi connectivity index (χ0v) is 13.2. The van der Waals surface area contributed by atoms with Crippen LogP contribution in [0.2, 0.25) is 5.02 Å². The van der Waals surface area contributed by atoms with Gasteiger partial charge in [0.25, 0.3) is 5.91 Å². The molecule has 0 radical (unpaired) electrons. The maximum atomic E-state index is 12.6. The Morgan fingerprint density at radius 1 is 1.14 bits per heavy atom. The van der Waals surface area contributed by atoms with E-state index in [4.69, 9.17) is 16.3 Å². The summed E-state index contributed by atoms with van der Waals surface area (Å²) in [7, 11) is 0. The van der Waals surface area contributed by atoms with E-state index in [-0.39, 0.29) is 23.7 Å². The second-order valence-electron chi connectivity index (χ2n) is 6.00. The van der Waals surface area contributed by atoms with Crippen molar-refractivity contribution in [1.82, 2.24) is 4.90 Å². The summed E-state index contributed by atoms with van der Waals surface area (Å²) in [5, 5.41) is 0.621. The summed E-state index contributed by atoms with van der Waals surface area (Å²) in [6.07, 6.45) is 3.13. The first kappa shape index (κ1) is 15.5. The molecule has 2 saturated heterocycles. The summed E-state index contributed by atoms with van der Waals surface area (Å²) in [6, 6.07) is 6.97. The molecule has 2 atom stereocenters. The van der Waals surface area contributed by atoms with E-state index in [1.165, 1.54) is 0 Å². The summed E-state index contributed by atoms with van der Waals surface area (Å²) >= 11 is 5.86. The normalized spacial score (nSPS) is 25.2. The molecule has 2 unspecified atom stereocenters. The third-order valence-corrected chi connectivity index (χ3v) is 4.69. The molecule has 0 aromatic heterocycles. The zero-order valence-electron chi connectivity index (χ0n) is 12.5. The number of carbonyl (C=O) groups excluding carboxylic acids is 2. The van der Waals surface area contributed by atoms with E-state index in [9.17, 15) is 9.59 Å². The number of rotatable bonds is 3. The van der Waals surface area contributed by atoms with Gasteiger partial charge in [0.2, 0.25) is 0 Å². The van der Waals surface area contributed by atoms with E-state index < -0.39 is 0 Å². The zero-order chi connectivity index (χ0) is 15.5. The highest BCUT2D eigenvalue weighted by Gasteiger charge is 2.33. The third kappa shape index (κ3) is 3.33. The van der Waals surface area contributed by atoms with Gasteiger partial charge in [-0.3, -0.25) is 9.59 Å². The average Bonchev–Trinajstić information content (AvgIpc) is 3.09. The van der Waals surface area contributed by atoms with Gasteiger partial charge in [0.1, 0.15) is 6.10 Å². The van der Waals surface area contributed by atoms with Crippen LogP contribution in [0.15, 0.2) is 24.3 Å². The van der Waals surface area contributed by atoms with Gasteiger partial charge in [0, 0.05) is 36.2 Å². The van der Waals surface area contributed by atoms with E-state index in [1.54, 1.807) is 29.2 Å². The Labute approximate surface area is 135 Å². The Hall–Kier alpha value is -1.39. The molecular formula is C17H20ClNO3. The first-order chi connectivity index (χ1) is 10.6. The van der Waals surface area contributed by atoms with Crippen LogP contribution in [-0.4, -0.2) is 42.4 Å². The van der Waals surface area contributed by atoms with Gasteiger partial charge in [-0.05, 0) is 49.9 Å². The van der Waals surface area contributed by atoms with Crippen molar-refractivity contribution in [1.29, 1.82) is 0 Å². The number of hydrogen-bond donors (Lipinski definition) is 0. The van der Waals surface area contributed by atoms with Crippen LogP contribution in [0.5, 0.6) is 0 Å². The minimum Gasteiger partial charge on any atom is -0.368 e. The van der Waals surface area contributed by atoms with Crippen molar-refractivity contribution in [2.24, 2.45) is 5.92 Å². The maximum absolute atomic E-state index is 12.6. The lowest BCUT2D eigenvalue weighted by atomic mass is 9.89. The molecule has 0 bridgehead atoms. The van der Waals surface area contributed by atoms with E-state index in [0.29, 0.717) is 23.7 Å². The lowest BCUT2D eigenvalue weighted by Crippen LogP contribution is -2.46. The maximum Gasteiger partial charge on any atom is 0.251 e. The Kier molecular flexibility index (Phi) is 4.79. The minimum absolute atomic E-state index is 0.0473. The lowest BCUT2D eigenvalue weighted by Gasteiger charge is -2.33. The molecule has 1 amide bonds. The highest BCUT2D eigenvalue weighted by atomic mass is 35.5. The molecule has 0 aliphatic carbocycles. The molecule has 2 aliphatic rings. The molecule has 0 spiro atoms. The first-order valence-corrected chi connectivity index (χ1v) is 8.23. The summed E-state index contributed by atoms with van der Waals surface area (Å²) in [6.45, 7) is 1.89. The standard InChI is InChI=1S/C17H20ClNO3/c18-14-7-5-12(6-8-14)16(20)13-3-1-9-19(11-13)17(21)15-4-2-10-22-15/h5-8,13,15H,1-4,9-11H2. The van der Waals surface area contributed by atoms with Gasteiger partial charge >= 0.3 is 0 Å². The van der Waals surface area contributed by atoms with Crippen molar-refractivity contribution in [2.75, 3.05) is 19.7 Å². The number of likely N-dealkylation sites (tertiary alicyclic amines) is 1. The van der Waals surface area contributed by atoms with Crippen LogP contribution in [0.4, 0.5) is 0 Å². The molecular weight excluding hydrogens is 302 g/mol. The molecule has 3 rings (SSSR count). The van der Waals surface area contributed by atoms with Gasteiger partial charge in [-0.1, -0.05) is 11.6 Å². The second-order valence-corrected chi connectivity index (χ2v) is 6.43. The molecule has 1 aromatic rings. The number of benzene rings is 1. The number of halogens is 1. The smallest absolute Gasteiger partial charge is 0.251 e. The van der Waals surface area contributed by atoms with Crippen LogP contribution >= 0.6 is 11.6 Å². The van der Waals surface area contributed by atoms with Crippen LogP contribution < -0.4 is 0 Å². The Morgan fingerprint density at radius 2 is 1.91 bits per heavy atom. The molecule has 118 valence electrons. The summed E-state index contributed by atoms with van der Waals surface area (Å²) in [5.74, 6) is 0.0212. The fraction of sp³-hybridized carbons (Fsp3) is 0.529. The predicted molar refractivity (Wildman–Crippen MR) is 84.1 cm³/mol. The molecule has 2 heterocycles. The third-order valence-electron chi connectivity index (χ3n) is 4.44. The van der Waals surface area contributed by atoms with E-state index in [1.807, 2.05) is 0 Å². The molecule has 5 heteroatoms. The highest BCUT2D eigenvalue weighted by molar-refractivity contribution is 6.30. The summed E-state index contributed by atoms with van der Waals surface area (Å²) in [4.78, 5) is 26.8. The monoisotopic (exact) mass is 321 g/mol. The van der Waals surface area contributed by atoms with Gasteiger partial charge in [-0.2, -0.15) is 0 Å². The second kappa shape index (κ2) is 6.80. The van der Waals surface area contributed by atoms with Crippen molar-refractivity contribution in [3.63, 3.8) is 0 Å². The molecule has 2 aliphatic heterocycles. The molecule has 1 aromatic carbocycles. The Bertz CT molecular complexity index is 552.